The van der Waals surface area contributed by atoms with Crippen molar-refractivity contribution < 1.29 is 44.7 Å². The second-order valence-electron chi connectivity index (χ2n) is 12.1. The molecular weight excluding hydrogens is 719 g/mol. The number of carboxylic acid groups (broad SMARTS) is 1. The fourth-order valence-corrected chi connectivity index (χ4v) is 7.37. The Balaban J connectivity index is 0.000000606. The number of carboxylic acids is 1. The topological polar surface area (TPSA) is 92.5 Å². The summed E-state index contributed by atoms with van der Waals surface area (Å²) in [4.78, 5) is 13.9. The second kappa shape index (κ2) is 14.5. The van der Waals surface area contributed by atoms with Gasteiger partial charge in [-0.3, -0.25) is 0 Å². The quantitative estimate of drug-likeness (QED) is 0.151. The molecule has 6 rings (SSSR count). The first kappa shape index (κ1) is 36.9. The molecule has 2 heterocycles. The third-order valence-corrected chi connectivity index (χ3v) is 11.0. The van der Waals surface area contributed by atoms with E-state index in [9.17, 15) is 34.8 Å². The van der Waals surface area contributed by atoms with E-state index in [4.69, 9.17) is 38.1 Å². The molecule has 4 aromatic rings. The maximum atomic E-state index is 13.1. The zero-order chi connectivity index (χ0) is 35.7. The number of aliphatic carboxylic acids is 1. The number of alkyl halides is 6. The van der Waals surface area contributed by atoms with Gasteiger partial charge in [0, 0.05) is 41.5 Å². The molecule has 1 saturated heterocycles. The van der Waals surface area contributed by atoms with Gasteiger partial charge in [-0.15, -0.1) is 0 Å². The number of benzene rings is 3. The molecule has 16 heteroatoms. The maximum Gasteiger partial charge on any atom is 0.511 e. The van der Waals surface area contributed by atoms with Crippen LogP contribution in [-0.2, 0) is 21.4 Å². The van der Waals surface area contributed by atoms with Crippen LogP contribution >= 0.6 is 23.2 Å². The van der Waals surface area contributed by atoms with Crippen LogP contribution in [0.3, 0.4) is 0 Å². The first-order chi connectivity index (χ1) is 23.0. The van der Waals surface area contributed by atoms with E-state index in [2.05, 4.69) is 16.7 Å². The molecule has 0 radical (unpaired) electrons. The minimum atomic E-state index is -5.31. The van der Waals surface area contributed by atoms with Gasteiger partial charge in [0.1, 0.15) is 5.82 Å². The average molecular weight is 751 g/mol. The van der Waals surface area contributed by atoms with Crippen LogP contribution in [0.15, 0.2) is 66.7 Å². The van der Waals surface area contributed by atoms with Gasteiger partial charge in [0.05, 0.1) is 11.0 Å². The lowest BCUT2D eigenvalue weighted by Crippen LogP contribution is -2.45. The summed E-state index contributed by atoms with van der Waals surface area (Å²) in [6.45, 7) is 0.301. The third-order valence-electron chi connectivity index (χ3n) is 8.90. The van der Waals surface area contributed by atoms with Crippen LogP contribution < -0.4 is 0 Å². The summed E-state index contributed by atoms with van der Waals surface area (Å²) in [6.07, 6.45) is -1.12. The van der Waals surface area contributed by atoms with Crippen LogP contribution in [0, 0.1) is 5.92 Å². The average Bonchev–Trinajstić information content (AvgIpc) is 3.34. The van der Waals surface area contributed by atoms with Crippen molar-refractivity contribution in [3.63, 3.8) is 0 Å². The molecule has 3 aromatic carbocycles. The number of carbonyl (C=O) groups is 1. The lowest BCUT2D eigenvalue weighted by atomic mass is 9.84. The maximum absolute atomic E-state index is 13.1. The molecule has 2 fully saturated rings. The Morgan fingerprint density at radius 1 is 0.837 bits per heavy atom. The number of rotatable bonds is 7. The summed E-state index contributed by atoms with van der Waals surface area (Å²) in [5, 5.41) is 8.43. The van der Waals surface area contributed by atoms with Gasteiger partial charge in [0.25, 0.3) is 0 Å². The van der Waals surface area contributed by atoms with Crippen molar-refractivity contribution in [3.05, 3.63) is 99.3 Å². The predicted octanol–water partition coefficient (Wildman–Crippen LogP) is 8.99. The molecule has 7 nitrogen and oxygen atoms in total. The Bertz CT molecular complexity index is 1840. The number of imidazole rings is 1. The molecule has 0 amide bonds. The van der Waals surface area contributed by atoms with Crippen molar-refractivity contribution in [2.75, 3.05) is 13.1 Å². The van der Waals surface area contributed by atoms with E-state index >= 15 is 0 Å². The molecule has 0 unspecified atom stereocenters. The fraction of sp³-hybridized carbons (Fsp3) is 0.394. The van der Waals surface area contributed by atoms with Crippen molar-refractivity contribution in [3.8, 4) is 0 Å². The summed E-state index contributed by atoms with van der Waals surface area (Å²) in [7, 11) is -5.31. The molecule has 1 aliphatic carbocycles. The summed E-state index contributed by atoms with van der Waals surface area (Å²) < 4.78 is 97.8. The van der Waals surface area contributed by atoms with E-state index in [-0.39, 0.29) is 24.9 Å². The van der Waals surface area contributed by atoms with Gasteiger partial charge in [-0.1, -0.05) is 60.0 Å². The standard InChI is InChI=1S/C31H30Cl2F3N3O2S.C2HF3O2/c32-25-9-4-21(5-10-25)29(22-6-11-26(33)12-7-22)24-8-13-27-28(18-24)39(30(37-27)23-2-1-3-23)19-20-14-16-38(17-15-20)42(40,41)31(34,35)36;3-2(4,5)1(6)7/h4-13,18,20,23,29H,1-3,14-17,19H2;(H,6,7). The number of aromatic nitrogens is 2. The van der Waals surface area contributed by atoms with Crippen molar-refractivity contribution in [2.24, 2.45) is 5.92 Å². The minimum absolute atomic E-state index is 0.0351. The molecule has 0 bridgehead atoms. The van der Waals surface area contributed by atoms with Crippen molar-refractivity contribution in [2.45, 2.75) is 62.2 Å². The molecule has 1 aliphatic heterocycles. The monoisotopic (exact) mass is 749 g/mol. The van der Waals surface area contributed by atoms with E-state index in [0.29, 0.717) is 39.7 Å². The first-order valence-corrected chi connectivity index (χ1v) is 17.5. The number of nitrogens with zero attached hydrogens (tertiary/aromatic N) is 3. The van der Waals surface area contributed by atoms with Crippen molar-refractivity contribution in [1.82, 2.24) is 13.9 Å². The predicted molar refractivity (Wildman–Crippen MR) is 173 cm³/mol. The summed E-state index contributed by atoms with van der Waals surface area (Å²) >= 11 is 12.4. The highest BCUT2D eigenvalue weighted by atomic mass is 35.5. The van der Waals surface area contributed by atoms with Crippen molar-refractivity contribution in [1.29, 1.82) is 0 Å². The molecular formula is C33H31Cl2F6N3O4S. The van der Waals surface area contributed by atoms with E-state index in [1.807, 2.05) is 54.6 Å². The second-order valence-corrected chi connectivity index (χ2v) is 14.9. The molecule has 1 aromatic heterocycles. The highest BCUT2D eigenvalue weighted by Gasteiger charge is 2.50. The van der Waals surface area contributed by atoms with Crippen LogP contribution in [0.1, 0.15) is 66.5 Å². The third kappa shape index (κ3) is 8.35. The number of halogens is 8. The number of hydrogen-bond acceptors (Lipinski definition) is 4. The van der Waals surface area contributed by atoms with Gasteiger partial charge in [-0.05, 0) is 84.7 Å². The molecule has 264 valence electrons. The lowest BCUT2D eigenvalue weighted by Gasteiger charge is -2.33. The Hall–Kier alpha value is -3.33. The van der Waals surface area contributed by atoms with Gasteiger partial charge < -0.3 is 9.67 Å². The molecule has 1 N–H and O–H groups in total. The summed E-state index contributed by atoms with van der Waals surface area (Å²) in [5.41, 5.74) is -0.205. The molecule has 2 aliphatic rings. The Morgan fingerprint density at radius 3 is 1.76 bits per heavy atom. The lowest BCUT2D eigenvalue weighted by molar-refractivity contribution is -0.192. The van der Waals surface area contributed by atoms with Crippen molar-refractivity contribution >= 4 is 50.2 Å². The highest BCUT2D eigenvalue weighted by Crippen LogP contribution is 2.40. The van der Waals surface area contributed by atoms with Gasteiger partial charge >= 0.3 is 27.7 Å². The van der Waals surface area contributed by atoms with Crippen LogP contribution in [0.5, 0.6) is 0 Å². The zero-order valence-electron chi connectivity index (χ0n) is 25.7. The Labute approximate surface area is 288 Å². The van der Waals surface area contributed by atoms with Gasteiger partial charge in [0.2, 0.25) is 0 Å². The number of piperidine rings is 1. The van der Waals surface area contributed by atoms with E-state index < -0.39 is 27.7 Å². The number of hydrogen-bond donors (Lipinski definition) is 1. The summed E-state index contributed by atoms with van der Waals surface area (Å²) in [5.74, 6) is -1.46. The smallest absolute Gasteiger partial charge is 0.475 e. The van der Waals surface area contributed by atoms with Crippen LogP contribution in [0.25, 0.3) is 11.0 Å². The number of sulfonamides is 1. The van der Waals surface area contributed by atoms with E-state index in [1.54, 1.807) is 0 Å². The Kier molecular flexibility index (Phi) is 10.9. The van der Waals surface area contributed by atoms with Crippen LogP contribution in [0.2, 0.25) is 10.0 Å². The molecule has 49 heavy (non-hydrogen) atoms. The van der Waals surface area contributed by atoms with Crippen LogP contribution in [-0.4, -0.2) is 58.1 Å². The Morgan fingerprint density at radius 2 is 1.33 bits per heavy atom. The highest BCUT2D eigenvalue weighted by molar-refractivity contribution is 7.90. The summed E-state index contributed by atoms with van der Waals surface area (Å²) in [6, 6.07) is 21.9. The van der Waals surface area contributed by atoms with E-state index in [0.717, 1.165) is 52.8 Å². The van der Waals surface area contributed by atoms with Crippen LogP contribution in [0.4, 0.5) is 26.3 Å². The number of fused-ring (bicyclic) bond motifs is 1. The minimum Gasteiger partial charge on any atom is -0.475 e. The molecule has 1 saturated carbocycles. The zero-order valence-corrected chi connectivity index (χ0v) is 28.0. The first-order valence-electron chi connectivity index (χ1n) is 15.3. The van der Waals surface area contributed by atoms with Gasteiger partial charge in [-0.2, -0.15) is 30.6 Å². The fourth-order valence-electron chi connectivity index (χ4n) is 6.13. The molecule has 0 spiro atoms. The SMILES string of the molecule is O=C(O)C(F)(F)F.O=S(=O)(N1CCC(Cn2c(C3CCC3)nc3ccc(C(c4ccc(Cl)cc4)c4ccc(Cl)cc4)cc32)CC1)C(F)(F)F. The van der Waals surface area contributed by atoms with Gasteiger partial charge in [0.15, 0.2) is 0 Å². The van der Waals surface area contributed by atoms with Gasteiger partial charge in [-0.25, -0.2) is 18.2 Å². The largest absolute Gasteiger partial charge is 0.511 e. The molecule has 0 atom stereocenters. The van der Waals surface area contributed by atoms with E-state index in [1.165, 1.54) is 0 Å². The normalized spacial score (nSPS) is 16.8.